The molecule has 1 saturated heterocycles. The van der Waals surface area contributed by atoms with E-state index in [1.807, 2.05) is 0 Å². The number of aliphatic hydroxyl groups excluding tert-OH is 3. The molecule has 1 aliphatic rings. The van der Waals surface area contributed by atoms with Crippen molar-refractivity contribution in [1.29, 1.82) is 0 Å². The van der Waals surface area contributed by atoms with Gasteiger partial charge in [0.05, 0.1) is 38.2 Å². The molecule has 0 amide bonds. The van der Waals surface area contributed by atoms with Crippen molar-refractivity contribution >= 4 is 19.3 Å². The van der Waals surface area contributed by atoms with Crippen molar-refractivity contribution in [3.05, 3.63) is 0 Å². The summed E-state index contributed by atoms with van der Waals surface area (Å²) < 4.78 is 4.08. The maximum Gasteiger partial charge on any atom is 0.631 e. The second kappa shape index (κ2) is 10.8. The maximum atomic E-state index is 10.0. The average Bonchev–Trinajstić information content (AvgIpc) is 2.72. The molecule has 0 spiro atoms. The number of hydrogen-bond acceptors (Lipinski definition) is 10. The molecule has 0 unspecified atom stereocenters. The van der Waals surface area contributed by atoms with Gasteiger partial charge in [-0.1, -0.05) is 0 Å². The minimum absolute atomic E-state index is 0.263. The van der Waals surface area contributed by atoms with Crippen LogP contribution < -0.4 is 5.73 Å². The van der Waals surface area contributed by atoms with Gasteiger partial charge in [-0.2, -0.15) is 0 Å². The Morgan fingerprint density at radius 2 is 1.26 bits per heavy atom. The molecule has 0 aliphatic carbocycles. The summed E-state index contributed by atoms with van der Waals surface area (Å²) in [6, 6.07) is 0. The van der Waals surface area contributed by atoms with Crippen molar-refractivity contribution in [1.82, 2.24) is 0 Å². The molecule has 1 fully saturated rings. The fourth-order valence-electron chi connectivity index (χ4n) is 0.583. The average molecular weight is 283 g/mol. The standard InChI is InChI=1S/C4H11NO3.C4H4O3.BH3O3/c5-4(1-6,2-7)3-8;5-3-1-2-4(6)7-3;2-1(3)4/h6-8H,1-3,5H2;1-2H2;2-4H. The molecule has 11 heteroatoms. The normalized spacial score (nSPS) is 13.8. The molecular formula is C8H18BNO9. The van der Waals surface area contributed by atoms with Crippen LogP contribution in [0.3, 0.4) is 0 Å². The summed E-state index contributed by atoms with van der Waals surface area (Å²) in [6.07, 6.45) is 0.525. The number of carbonyl (C=O) groups is 2. The van der Waals surface area contributed by atoms with Crippen molar-refractivity contribution in [3.8, 4) is 0 Å². The van der Waals surface area contributed by atoms with Crippen LogP contribution in [0.25, 0.3) is 0 Å². The number of nitrogens with two attached hydrogens (primary N) is 1. The number of esters is 2. The highest BCUT2D eigenvalue weighted by Gasteiger charge is 2.20. The van der Waals surface area contributed by atoms with Gasteiger partial charge >= 0.3 is 19.3 Å². The monoisotopic (exact) mass is 283 g/mol. The number of carbonyl (C=O) groups excluding carboxylic acids is 2. The zero-order valence-electron chi connectivity index (χ0n) is 10.1. The van der Waals surface area contributed by atoms with Gasteiger partial charge in [-0.25, -0.2) is 0 Å². The first-order valence-corrected chi connectivity index (χ1v) is 5.10. The molecule has 0 aromatic carbocycles. The van der Waals surface area contributed by atoms with Gasteiger partial charge in [0.25, 0.3) is 0 Å². The van der Waals surface area contributed by atoms with Crippen LogP contribution in [0.1, 0.15) is 12.8 Å². The smallest absolute Gasteiger partial charge is 0.402 e. The molecule has 1 rings (SSSR count). The zero-order chi connectivity index (χ0) is 15.5. The van der Waals surface area contributed by atoms with Crippen LogP contribution in [0.5, 0.6) is 0 Å². The highest BCUT2D eigenvalue weighted by molar-refractivity contribution is 6.30. The first kappa shape index (κ1) is 20.2. The predicted octanol–water partition coefficient (Wildman–Crippen LogP) is -4.54. The third-order valence-corrected chi connectivity index (χ3v) is 1.71. The van der Waals surface area contributed by atoms with Crippen molar-refractivity contribution in [2.24, 2.45) is 5.73 Å². The van der Waals surface area contributed by atoms with Crippen LogP contribution in [-0.2, 0) is 14.3 Å². The molecule has 0 aromatic heterocycles. The maximum absolute atomic E-state index is 10.0. The molecule has 1 aliphatic heterocycles. The topological polar surface area (TPSA) is 191 Å². The summed E-state index contributed by atoms with van der Waals surface area (Å²) in [5.41, 5.74) is 3.94. The Morgan fingerprint density at radius 3 is 1.32 bits per heavy atom. The highest BCUT2D eigenvalue weighted by atomic mass is 16.6. The van der Waals surface area contributed by atoms with E-state index >= 15 is 0 Å². The molecule has 1 heterocycles. The summed E-state index contributed by atoms with van der Waals surface area (Å²) in [6.45, 7) is -1.21. The first-order chi connectivity index (χ1) is 8.70. The minimum Gasteiger partial charge on any atom is -0.402 e. The van der Waals surface area contributed by atoms with Crippen LogP contribution in [0.2, 0.25) is 0 Å². The Balaban J connectivity index is 0. The van der Waals surface area contributed by atoms with Crippen molar-refractivity contribution in [2.45, 2.75) is 18.4 Å². The quantitative estimate of drug-likeness (QED) is 0.151. The SMILES string of the molecule is NC(CO)(CO)CO.O=C1CCC(=O)O1.OB(O)O. The van der Waals surface area contributed by atoms with Crippen LogP contribution in [0.4, 0.5) is 0 Å². The summed E-state index contributed by atoms with van der Waals surface area (Å²) >= 11 is 0. The van der Waals surface area contributed by atoms with Gasteiger partial charge in [-0.3, -0.25) is 9.59 Å². The van der Waals surface area contributed by atoms with Gasteiger partial charge in [0.15, 0.2) is 0 Å². The van der Waals surface area contributed by atoms with Gasteiger partial charge < -0.3 is 40.9 Å². The van der Waals surface area contributed by atoms with E-state index in [4.69, 9.17) is 36.1 Å². The van der Waals surface area contributed by atoms with Crippen molar-refractivity contribution in [2.75, 3.05) is 19.8 Å². The van der Waals surface area contributed by atoms with E-state index in [1.54, 1.807) is 0 Å². The summed E-state index contributed by atoms with van der Waals surface area (Å²) in [4.78, 5) is 20.0. The second-order valence-corrected chi connectivity index (χ2v) is 3.53. The molecule has 0 atom stereocenters. The fraction of sp³-hybridized carbons (Fsp3) is 0.750. The lowest BCUT2D eigenvalue weighted by molar-refractivity contribution is -0.151. The van der Waals surface area contributed by atoms with Crippen molar-refractivity contribution < 1.29 is 44.7 Å². The van der Waals surface area contributed by atoms with Crippen LogP contribution in [0, 0.1) is 0 Å². The molecule has 0 aromatic rings. The minimum atomic E-state index is -2.17. The summed E-state index contributed by atoms with van der Waals surface area (Å²) in [7, 11) is -2.17. The van der Waals surface area contributed by atoms with Gasteiger partial charge in [0.1, 0.15) is 0 Å². The van der Waals surface area contributed by atoms with E-state index in [0.717, 1.165) is 0 Å². The fourth-order valence-corrected chi connectivity index (χ4v) is 0.583. The number of ether oxygens (including phenoxy) is 1. The van der Waals surface area contributed by atoms with Gasteiger partial charge in [0, 0.05) is 0 Å². The van der Waals surface area contributed by atoms with Crippen molar-refractivity contribution in [3.63, 3.8) is 0 Å². The lowest BCUT2D eigenvalue weighted by Crippen LogP contribution is -2.50. The number of rotatable bonds is 3. The number of aliphatic hydroxyl groups is 3. The molecular weight excluding hydrogens is 265 g/mol. The molecule has 0 bridgehead atoms. The van der Waals surface area contributed by atoms with E-state index in [2.05, 4.69) is 4.74 Å². The first-order valence-electron chi connectivity index (χ1n) is 5.10. The van der Waals surface area contributed by atoms with Gasteiger partial charge in [0.2, 0.25) is 0 Å². The molecule has 10 nitrogen and oxygen atoms in total. The Morgan fingerprint density at radius 1 is 1.00 bits per heavy atom. The zero-order valence-corrected chi connectivity index (χ0v) is 10.1. The third kappa shape index (κ3) is 13.2. The second-order valence-electron chi connectivity index (χ2n) is 3.53. The molecule has 0 radical (unpaired) electrons. The van der Waals surface area contributed by atoms with E-state index in [9.17, 15) is 9.59 Å². The van der Waals surface area contributed by atoms with E-state index in [1.165, 1.54) is 0 Å². The van der Waals surface area contributed by atoms with Crippen LogP contribution in [-0.4, -0.2) is 75.0 Å². The Hall–Kier alpha value is -1.08. The van der Waals surface area contributed by atoms with E-state index in [0.29, 0.717) is 0 Å². The predicted molar refractivity (Wildman–Crippen MR) is 60.9 cm³/mol. The Labute approximate surface area is 109 Å². The highest BCUT2D eigenvalue weighted by Crippen LogP contribution is 2.03. The summed E-state index contributed by atoms with van der Waals surface area (Å²) in [5.74, 6) is -0.796. The lowest BCUT2D eigenvalue weighted by atomic mass is 10.1. The van der Waals surface area contributed by atoms with E-state index < -0.39 is 44.6 Å². The number of cyclic esters (lactones) is 2. The Kier molecular flexibility index (Phi) is 11.5. The van der Waals surface area contributed by atoms with Crippen LogP contribution in [0.15, 0.2) is 0 Å². The molecule has 19 heavy (non-hydrogen) atoms. The number of hydrogen-bond donors (Lipinski definition) is 7. The Bertz CT molecular complexity index is 244. The molecule has 0 saturated carbocycles. The molecule has 8 N–H and O–H groups in total. The third-order valence-electron chi connectivity index (χ3n) is 1.71. The largest absolute Gasteiger partial charge is 0.631 e. The van der Waals surface area contributed by atoms with Crippen LogP contribution >= 0.6 is 0 Å². The van der Waals surface area contributed by atoms with Gasteiger partial charge in [-0.05, 0) is 0 Å². The van der Waals surface area contributed by atoms with Gasteiger partial charge in [-0.15, -0.1) is 0 Å². The summed E-state index contributed by atoms with van der Waals surface area (Å²) in [5, 5.41) is 46.5. The lowest BCUT2D eigenvalue weighted by Gasteiger charge is -2.20. The molecule has 112 valence electrons. The van der Waals surface area contributed by atoms with E-state index in [-0.39, 0.29) is 12.8 Å².